The zero-order chi connectivity index (χ0) is 20.3. The number of rotatable bonds is 3. The first-order chi connectivity index (χ1) is 13.4. The standard InChI is InChI=1S/C20H20FN3O4/c1-14-15(7-4-9-18(14)24(27)28)19(25)22-10-5-11-23(13-12-22)20(26)16-6-2-3-8-17(16)21/h2-4,6-9H,5,10-13H2,1H3. The van der Waals surface area contributed by atoms with E-state index in [4.69, 9.17) is 0 Å². The molecule has 1 saturated heterocycles. The Labute approximate surface area is 161 Å². The zero-order valence-electron chi connectivity index (χ0n) is 15.4. The third-order valence-corrected chi connectivity index (χ3v) is 4.91. The SMILES string of the molecule is Cc1c(C(=O)N2CCCN(C(=O)c3ccccc3F)CC2)cccc1[N+](=O)[O-]. The number of halogens is 1. The second-order valence-electron chi connectivity index (χ2n) is 6.62. The van der Waals surface area contributed by atoms with Crippen molar-refractivity contribution in [1.82, 2.24) is 9.80 Å². The Balaban J connectivity index is 1.74. The van der Waals surface area contributed by atoms with Crippen LogP contribution in [-0.4, -0.2) is 52.7 Å². The van der Waals surface area contributed by atoms with Gasteiger partial charge < -0.3 is 9.80 Å². The van der Waals surface area contributed by atoms with Crippen LogP contribution in [0.1, 0.15) is 32.7 Å². The van der Waals surface area contributed by atoms with Gasteiger partial charge in [-0.25, -0.2) is 4.39 Å². The molecule has 2 aromatic rings. The maximum absolute atomic E-state index is 13.9. The van der Waals surface area contributed by atoms with Crippen LogP contribution in [0.25, 0.3) is 0 Å². The molecule has 0 unspecified atom stereocenters. The van der Waals surface area contributed by atoms with Gasteiger partial charge in [0.2, 0.25) is 0 Å². The normalized spacial score (nSPS) is 14.5. The van der Waals surface area contributed by atoms with Crippen LogP contribution in [-0.2, 0) is 0 Å². The number of carbonyl (C=O) groups is 2. The van der Waals surface area contributed by atoms with Crippen molar-refractivity contribution < 1.29 is 18.9 Å². The van der Waals surface area contributed by atoms with Gasteiger partial charge in [0.05, 0.1) is 10.5 Å². The summed E-state index contributed by atoms with van der Waals surface area (Å²) in [7, 11) is 0. The first kappa shape index (κ1) is 19.5. The van der Waals surface area contributed by atoms with Crippen LogP contribution in [0.3, 0.4) is 0 Å². The highest BCUT2D eigenvalue weighted by Crippen LogP contribution is 2.23. The molecule has 8 heteroatoms. The van der Waals surface area contributed by atoms with Crippen LogP contribution in [0.2, 0.25) is 0 Å². The van der Waals surface area contributed by atoms with E-state index < -0.39 is 16.6 Å². The number of benzene rings is 2. The van der Waals surface area contributed by atoms with E-state index in [2.05, 4.69) is 0 Å². The number of hydrogen-bond donors (Lipinski definition) is 0. The summed E-state index contributed by atoms with van der Waals surface area (Å²) in [6.07, 6.45) is 0.542. The van der Waals surface area contributed by atoms with Gasteiger partial charge >= 0.3 is 0 Å². The third-order valence-electron chi connectivity index (χ3n) is 4.91. The second-order valence-corrected chi connectivity index (χ2v) is 6.62. The fraction of sp³-hybridized carbons (Fsp3) is 0.300. The minimum absolute atomic E-state index is 0.0109. The minimum atomic E-state index is -0.572. The first-order valence-electron chi connectivity index (χ1n) is 8.97. The minimum Gasteiger partial charge on any atom is -0.337 e. The average molecular weight is 385 g/mol. The highest BCUT2D eigenvalue weighted by Gasteiger charge is 2.27. The first-order valence-corrected chi connectivity index (χ1v) is 8.97. The number of hydrogen-bond acceptors (Lipinski definition) is 4. The summed E-state index contributed by atoms with van der Waals surface area (Å²) < 4.78 is 13.9. The monoisotopic (exact) mass is 385 g/mol. The number of carbonyl (C=O) groups excluding carboxylic acids is 2. The lowest BCUT2D eigenvalue weighted by Gasteiger charge is -2.23. The molecule has 0 N–H and O–H groups in total. The second kappa shape index (κ2) is 8.16. The lowest BCUT2D eigenvalue weighted by Crippen LogP contribution is -2.37. The van der Waals surface area contributed by atoms with Gasteiger partial charge in [0.1, 0.15) is 5.82 Å². The smallest absolute Gasteiger partial charge is 0.273 e. The number of nitro groups is 1. The quantitative estimate of drug-likeness (QED) is 0.601. The Morgan fingerprint density at radius 1 is 0.929 bits per heavy atom. The molecule has 1 aliphatic heterocycles. The van der Waals surface area contributed by atoms with Gasteiger partial charge in [-0.3, -0.25) is 19.7 Å². The molecule has 0 spiro atoms. The van der Waals surface area contributed by atoms with Crippen LogP contribution in [0, 0.1) is 22.9 Å². The Morgan fingerprint density at radius 2 is 1.50 bits per heavy atom. The van der Waals surface area contributed by atoms with Gasteiger partial charge in [-0.2, -0.15) is 0 Å². The van der Waals surface area contributed by atoms with E-state index in [-0.39, 0.29) is 35.8 Å². The van der Waals surface area contributed by atoms with E-state index in [9.17, 15) is 24.1 Å². The molecule has 3 rings (SSSR count). The maximum atomic E-state index is 13.9. The summed E-state index contributed by atoms with van der Waals surface area (Å²) in [4.78, 5) is 39.2. The predicted octanol–water partition coefficient (Wildman–Crippen LogP) is 3.03. The zero-order valence-corrected chi connectivity index (χ0v) is 15.4. The molecule has 28 heavy (non-hydrogen) atoms. The molecule has 2 amide bonds. The van der Waals surface area contributed by atoms with Gasteiger partial charge in [0, 0.05) is 43.4 Å². The van der Waals surface area contributed by atoms with Crippen LogP contribution in [0.5, 0.6) is 0 Å². The van der Waals surface area contributed by atoms with Gasteiger partial charge in [-0.1, -0.05) is 18.2 Å². The highest BCUT2D eigenvalue weighted by atomic mass is 19.1. The molecule has 0 aromatic heterocycles. The molecular weight excluding hydrogens is 365 g/mol. The largest absolute Gasteiger partial charge is 0.337 e. The maximum Gasteiger partial charge on any atom is 0.273 e. The van der Waals surface area contributed by atoms with Crippen molar-refractivity contribution in [1.29, 1.82) is 0 Å². The molecule has 0 saturated carbocycles. The summed E-state index contributed by atoms with van der Waals surface area (Å²) in [6, 6.07) is 10.2. The van der Waals surface area contributed by atoms with E-state index in [1.54, 1.807) is 24.0 Å². The molecule has 1 fully saturated rings. The molecule has 0 atom stereocenters. The van der Waals surface area contributed by atoms with E-state index in [1.807, 2.05) is 0 Å². The summed E-state index contributed by atoms with van der Waals surface area (Å²) in [5.74, 6) is -1.28. The number of nitrogens with zero attached hydrogens (tertiary/aromatic N) is 3. The van der Waals surface area contributed by atoms with E-state index in [0.717, 1.165) is 0 Å². The molecule has 1 aliphatic rings. The van der Waals surface area contributed by atoms with Crippen molar-refractivity contribution in [2.75, 3.05) is 26.2 Å². The summed E-state index contributed by atoms with van der Waals surface area (Å²) in [5.41, 5.74) is 0.512. The molecule has 0 aliphatic carbocycles. The third kappa shape index (κ3) is 3.85. The molecule has 0 radical (unpaired) electrons. The predicted molar refractivity (Wildman–Crippen MR) is 101 cm³/mol. The summed E-state index contributed by atoms with van der Waals surface area (Å²) in [5, 5.41) is 11.1. The van der Waals surface area contributed by atoms with Crippen LogP contribution < -0.4 is 0 Å². The van der Waals surface area contributed by atoms with Gasteiger partial charge in [0.15, 0.2) is 0 Å². The topological polar surface area (TPSA) is 83.8 Å². The Morgan fingerprint density at radius 3 is 2.11 bits per heavy atom. The lowest BCUT2D eigenvalue weighted by molar-refractivity contribution is -0.385. The summed E-state index contributed by atoms with van der Waals surface area (Å²) in [6.45, 7) is 2.93. The van der Waals surface area contributed by atoms with Crippen molar-refractivity contribution >= 4 is 17.5 Å². The average Bonchev–Trinajstić information content (AvgIpc) is 2.93. The van der Waals surface area contributed by atoms with Crippen molar-refractivity contribution in [3.8, 4) is 0 Å². The van der Waals surface area contributed by atoms with Crippen molar-refractivity contribution in [2.24, 2.45) is 0 Å². The molecule has 7 nitrogen and oxygen atoms in total. The van der Waals surface area contributed by atoms with Crippen molar-refractivity contribution in [2.45, 2.75) is 13.3 Å². The van der Waals surface area contributed by atoms with Gasteiger partial charge in [-0.05, 0) is 31.5 Å². The fourth-order valence-electron chi connectivity index (χ4n) is 3.35. The van der Waals surface area contributed by atoms with Crippen molar-refractivity contribution in [3.63, 3.8) is 0 Å². The Kier molecular flexibility index (Phi) is 5.67. The fourth-order valence-corrected chi connectivity index (χ4v) is 3.35. The van der Waals surface area contributed by atoms with Crippen LogP contribution in [0.4, 0.5) is 10.1 Å². The molecule has 1 heterocycles. The molecule has 2 aromatic carbocycles. The molecule has 146 valence electrons. The highest BCUT2D eigenvalue weighted by molar-refractivity contribution is 5.97. The van der Waals surface area contributed by atoms with E-state index in [1.165, 1.54) is 35.2 Å². The van der Waals surface area contributed by atoms with E-state index >= 15 is 0 Å². The Bertz CT molecular complexity index is 931. The van der Waals surface area contributed by atoms with Crippen LogP contribution >= 0.6 is 0 Å². The molecule has 0 bridgehead atoms. The van der Waals surface area contributed by atoms with Gasteiger partial charge in [0.25, 0.3) is 17.5 Å². The van der Waals surface area contributed by atoms with Gasteiger partial charge in [-0.15, -0.1) is 0 Å². The molecular formula is C20H20FN3O4. The summed E-state index contributed by atoms with van der Waals surface area (Å²) >= 11 is 0. The lowest BCUT2D eigenvalue weighted by atomic mass is 10.1. The van der Waals surface area contributed by atoms with Crippen LogP contribution in [0.15, 0.2) is 42.5 Å². The number of nitro benzene ring substituents is 1. The Hall–Kier alpha value is -3.29. The van der Waals surface area contributed by atoms with Crippen molar-refractivity contribution in [3.05, 3.63) is 75.1 Å². The van der Waals surface area contributed by atoms with E-state index in [0.29, 0.717) is 25.1 Å². The number of amides is 2.